The summed E-state index contributed by atoms with van der Waals surface area (Å²) in [5, 5.41) is 7.19. The van der Waals surface area contributed by atoms with Gasteiger partial charge in [-0.3, -0.25) is 10.1 Å². The number of rotatable bonds is 6. The van der Waals surface area contributed by atoms with Gasteiger partial charge in [-0.15, -0.1) is 22.7 Å². The van der Waals surface area contributed by atoms with Crippen LogP contribution in [0.5, 0.6) is 0 Å². The number of carbonyl (C=O) groups excluding carboxylic acids is 1. The molecule has 3 aromatic rings. The van der Waals surface area contributed by atoms with E-state index in [-0.39, 0.29) is 16.8 Å². The number of nitrogens with one attached hydrogen (secondary N) is 1. The smallest absolute Gasteiger partial charge is 0.257 e. The minimum atomic E-state index is -3.55. The van der Waals surface area contributed by atoms with E-state index in [9.17, 15) is 13.2 Å². The molecule has 0 radical (unpaired) electrons. The van der Waals surface area contributed by atoms with Gasteiger partial charge < -0.3 is 0 Å². The van der Waals surface area contributed by atoms with Crippen molar-refractivity contribution < 1.29 is 13.2 Å². The summed E-state index contributed by atoms with van der Waals surface area (Å²) in [6, 6.07) is 10.1. The minimum absolute atomic E-state index is 0.0502. The number of benzene rings is 1. The first-order chi connectivity index (χ1) is 14.5. The number of thiophene rings is 1. The van der Waals surface area contributed by atoms with Crippen LogP contribution in [0.3, 0.4) is 0 Å². The maximum Gasteiger partial charge on any atom is 0.257 e. The number of nitrogens with zero attached hydrogens (tertiary/aromatic N) is 2. The van der Waals surface area contributed by atoms with Crippen molar-refractivity contribution in [1.82, 2.24) is 9.29 Å². The highest BCUT2D eigenvalue weighted by atomic mass is 32.2. The van der Waals surface area contributed by atoms with Crippen LogP contribution in [0.15, 0.2) is 52.1 Å². The lowest BCUT2D eigenvalue weighted by Gasteiger charge is -2.34. The molecule has 9 heteroatoms. The number of anilines is 1. The Kier molecular flexibility index (Phi) is 6.33. The molecule has 6 nitrogen and oxygen atoms in total. The molecule has 1 aromatic carbocycles. The number of sulfonamides is 1. The summed E-state index contributed by atoms with van der Waals surface area (Å²) in [5.74, 6) is -0.310. The zero-order chi connectivity index (χ0) is 21.1. The van der Waals surface area contributed by atoms with Crippen LogP contribution >= 0.6 is 22.7 Å². The number of hydrogen-bond acceptors (Lipinski definition) is 6. The zero-order valence-corrected chi connectivity index (χ0v) is 19.0. The molecule has 1 saturated heterocycles. The number of aromatic nitrogens is 1. The third-order valence-corrected chi connectivity index (χ3v) is 8.88. The third kappa shape index (κ3) is 4.34. The largest absolute Gasteiger partial charge is 0.298 e. The number of piperidine rings is 1. The number of thiazole rings is 1. The van der Waals surface area contributed by atoms with E-state index in [0.29, 0.717) is 17.2 Å². The van der Waals surface area contributed by atoms with Gasteiger partial charge in [0.15, 0.2) is 5.13 Å². The highest BCUT2D eigenvalue weighted by Gasteiger charge is 2.32. The van der Waals surface area contributed by atoms with Gasteiger partial charge in [0, 0.05) is 23.5 Å². The lowest BCUT2D eigenvalue weighted by molar-refractivity contribution is 0.102. The Labute approximate surface area is 184 Å². The summed E-state index contributed by atoms with van der Waals surface area (Å²) in [5.41, 5.74) is 1.23. The average Bonchev–Trinajstić information content (AvgIpc) is 3.46. The molecule has 1 atom stereocenters. The fraction of sp³-hybridized carbons (Fsp3) is 0.333. The lowest BCUT2D eigenvalue weighted by atomic mass is 10.0. The fourth-order valence-electron chi connectivity index (χ4n) is 3.65. The van der Waals surface area contributed by atoms with Gasteiger partial charge in [0.05, 0.1) is 15.5 Å². The van der Waals surface area contributed by atoms with Crippen LogP contribution in [0.2, 0.25) is 0 Å². The molecule has 0 saturated carbocycles. The Balaban J connectivity index is 1.47. The molecule has 3 heterocycles. The van der Waals surface area contributed by atoms with Crippen LogP contribution in [0, 0.1) is 0 Å². The standard InChI is InChI=1S/C21H23N3O3S3/c1-2-16-6-3-4-12-24(16)30(26,27)17-10-8-15(9-11-17)20(25)23-21-22-18(14-29-21)19-7-5-13-28-19/h5,7-11,13-14,16H,2-4,6,12H2,1H3,(H,22,23,25). The van der Waals surface area contributed by atoms with Crippen molar-refractivity contribution in [2.24, 2.45) is 0 Å². The summed E-state index contributed by atoms with van der Waals surface area (Å²) in [4.78, 5) is 18.3. The van der Waals surface area contributed by atoms with Gasteiger partial charge in [-0.1, -0.05) is 19.4 Å². The van der Waals surface area contributed by atoms with E-state index in [1.807, 2.05) is 29.8 Å². The van der Waals surface area contributed by atoms with E-state index in [4.69, 9.17) is 0 Å². The molecule has 0 bridgehead atoms. The van der Waals surface area contributed by atoms with E-state index >= 15 is 0 Å². The molecule has 1 aliphatic rings. The van der Waals surface area contributed by atoms with Gasteiger partial charge in [0.2, 0.25) is 10.0 Å². The van der Waals surface area contributed by atoms with Crippen molar-refractivity contribution in [2.75, 3.05) is 11.9 Å². The maximum atomic E-state index is 13.1. The van der Waals surface area contributed by atoms with Crippen LogP contribution < -0.4 is 5.32 Å². The summed E-state index contributed by atoms with van der Waals surface area (Å²) in [6.45, 7) is 2.58. The Morgan fingerprint density at radius 2 is 2.00 bits per heavy atom. The monoisotopic (exact) mass is 461 g/mol. The van der Waals surface area contributed by atoms with Gasteiger partial charge in [-0.05, 0) is 55.0 Å². The lowest BCUT2D eigenvalue weighted by Crippen LogP contribution is -2.43. The van der Waals surface area contributed by atoms with Crippen molar-refractivity contribution in [2.45, 2.75) is 43.5 Å². The van der Waals surface area contributed by atoms with Crippen molar-refractivity contribution in [3.63, 3.8) is 0 Å². The molecule has 1 unspecified atom stereocenters. The second-order valence-electron chi connectivity index (χ2n) is 7.17. The van der Waals surface area contributed by atoms with Gasteiger partial charge in [-0.25, -0.2) is 13.4 Å². The number of hydrogen-bond donors (Lipinski definition) is 1. The zero-order valence-electron chi connectivity index (χ0n) is 16.6. The van der Waals surface area contributed by atoms with E-state index in [1.165, 1.54) is 23.5 Å². The van der Waals surface area contributed by atoms with E-state index in [2.05, 4.69) is 10.3 Å². The predicted octanol–water partition coefficient (Wildman–Crippen LogP) is 5.08. The van der Waals surface area contributed by atoms with Crippen molar-refractivity contribution >= 4 is 43.7 Å². The van der Waals surface area contributed by atoms with Gasteiger partial charge in [0.25, 0.3) is 5.91 Å². The normalized spacial score (nSPS) is 17.7. The first kappa shape index (κ1) is 21.2. The van der Waals surface area contributed by atoms with Crippen LogP contribution in [0.1, 0.15) is 43.0 Å². The van der Waals surface area contributed by atoms with Crippen molar-refractivity contribution in [3.8, 4) is 10.6 Å². The average molecular weight is 462 g/mol. The maximum absolute atomic E-state index is 13.1. The number of carbonyl (C=O) groups is 1. The quantitative estimate of drug-likeness (QED) is 0.555. The summed E-state index contributed by atoms with van der Waals surface area (Å²) in [6.07, 6.45) is 3.66. The van der Waals surface area contributed by atoms with E-state index in [0.717, 1.165) is 36.3 Å². The van der Waals surface area contributed by atoms with Gasteiger partial charge in [0.1, 0.15) is 0 Å². The highest BCUT2D eigenvalue weighted by molar-refractivity contribution is 7.89. The molecule has 1 N–H and O–H groups in total. The summed E-state index contributed by atoms with van der Waals surface area (Å²) in [7, 11) is -3.55. The van der Waals surface area contributed by atoms with Crippen molar-refractivity contribution in [1.29, 1.82) is 0 Å². The second kappa shape index (κ2) is 8.97. The molecule has 1 fully saturated rings. The molecule has 1 amide bonds. The molecular weight excluding hydrogens is 438 g/mol. The SMILES string of the molecule is CCC1CCCCN1S(=O)(=O)c1ccc(C(=O)Nc2nc(-c3cccs3)cs2)cc1. The first-order valence-electron chi connectivity index (χ1n) is 9.91. The minimum Gasteiger partial charge on any atom is -0.298 e. The second-order valence-corrected chi connectivity index (χ2v) is 10.9. The van der Waals surface area contributed by atoms with Crippen LogP contribution in [0.4, 0.5) is 5.13 Å². The molecular formula is C21H23N3O3S3. The van der Waals surface area contributed by atoms with Crippen molar-refractivity contribution in [3.05, 3.63) is 52.7 Å². The number of amides is 1. The van der Waals surface area contributed by atoms with Gasteiger partial charge >= 0.3 is 0 Å². The van der Waals surface area contributed by atoms with Crippen LogP contribution in [-0.2, 0) is 10.0 Å². The summed E-state index contributed by atoms with van der Waals surface area (Å²) < 4.78 is 27.7. The Bertz CT molecular complexity index is 1110. The Morgan fingerprint density at radius 1 is 1.20 bits per heavy atom. The molecule has 1 aliphatic heterocycles. The molecule has 158 valence electrons. The third-order valence-electron chi connectivity index (χ3n) is 5.27. The summed E-state index contributed by atoms with van der Waals surface area (Å²) >= 11 is 2.95. The fourth-order valence-corrected chi connectivity index (χ4v) is 6.88. The molecule has 2 aromatic heterocycles. The van der Waals surface area contributed by atoms with Gasteiger partial charge in [-0.2, -0.15) is 4.31 Å². The Hall–Kier alpha value is -2.07. The first-order valence-corrected chi connectivity index (χ1v) is 13.1. The van der Waals surface area contributed by atoms with Crippen LogP contribution in [0.25, 0.3) is 10.6 Å². The molecule has 4 rings (SSSR count). The molecule has 0 spiro atoms. The molecule has 0 aliphatic carbocycles. The molecule has 30 heavy (non-hydrogen) atoms. The highest BCUT2D eigenvalue weighted by Crippen LogP contribution is 2.29. The van der Waals surface area contributed by atoms with E-state index in [1.54, 1.807) is 27.8 Å². The topological polar surface area (TPSA) is 79.4 Å². The van der Waals surface area contributed by atoms with Crippen LogP contribution in [-0.4, -0.2) is 36.2 Å². The van der Waals surface area contributed by atoms with E-state index < -0.39 is 10.0 Å². The predicted molar refractivity (Wildman–Crippen MR) is 122 cm³/mol. The Morgan fingerprint density at radius 3 is 2.70 bits per heavy atom.